The number of carbonyl (C=O) groups excluding carboxylic acids is 3. The molecule has 0 saturated heterocycles. The van der Waals surface area contributed by atoms with Gasteiger partial charge in [-0.1, -0.05) is 25.6 Å². The van der Waals surface area contributed by atoms with Gasteiger partial charge in [0.2, 0.25) is 0 Å². The third kappa shape index (κ3) is 6.24. The quantitative estimate of drug-likeness (QED) is 0.667. The molecule has 0 bridgehead atoms. The normalized spacial score (nSPS) is 13.7. The SMILES string of the molecule is C.CNC(=O)SSC(=O)NC.O=C1CS(=O)(=O)c2ccccc21. The highest BCUT2D eigenvalue weighted by atomic mass is 33.1. The molecule has 2 amide bonds. The van der Waals surface area contributed by atoms with Crippen molar-refractivity contribution in [3.8, 4) is 0 Å². The van der Waals surface area contributed by atoms with Crippen molar-refractivity contribution < 1.29 is 22.8 Å². The van der Waals surface area contributed by atoms with E-state index >= 15 is 0 Å². The maximum atomic E-state index is 11.2. The Morgan fingerprint density at radius 1 is 1.04 bits per heavy atom. The van der Waals surface area contributed by atoms with Gasteiger partial charge in [0.05, 0.1) is 4.90 Å². The Morgan fingerprint density at radius 2 is 1.52 bits per heavy atom. The van der Waals surface area contributed by atoms with E-state index in [0.29, 0.717) is 5.56 Å². The molecule has 0 aromatic heterocycles. The average Bonchev–Trinajstić information content (AvgIpc) is 2.75. The molecule has 7 nitrogen and oxygen atoms in total. The Balaban J connectivity index is 0.000000412. The molecule has 0 atom stereocenters. The molecule has 1 aromatic rings. The molecule has 128 valence electrons. The van der Waals surface area contributed by atoms with E-state index in [4.69, 9.17) is 0 Å². The number of hydrogen-bond donors (Lipinski definition) is 2. The van der Waals surface area contributed by atoms with Crippen LogP contribution < -0.4 is 10.6 Å². The fourth-order valence-corrected chi connectivity index (χ4v) is 4.19. The van der Waals surface area contributed by atoms with Crippen LogP contribution in [0.1, 0.15) is 17.8 Å². The van der Waals surface area contributed by atoms with Crippen molar-refractivity contribution in [2.75, 3.05) is 19.8 Å². The fourth-order valence-electron chi connectivity index (χ4n) is 1.46. The first-order valence-corrected chi connectivity index (χ1v) is 9.75. The first kappa shape index (κ1) is 21.5. The second kappa shape index (κ2) is 9.58. The summed E-state index contributed by atoms with van der Waals surface area (Å²) >= 11 is 0. The summed E-state index contributed by atoms with van der Waals surface area (Å²) in [6.07, 6.45) is 0. The van der Waals surface area contributed by atoms with Crippen LogP contribution in [0, 0.1) is 0 Å². The van der Waals surface area contributed by atoms with Gasteiger partial charge in [-0.15, -0.1) is 0 Å². The van der Waals surface area contributed by atoms with Crippen molar-refractivity contribution in [2.24, 2.45) is 0 Å². The zero-order chi connectivity index (χ0) is 16.8. The van der Waals surface area contributed by atoms with Gasteiger partial charge in [0.1, 0.15) is 5.75 Å². The largest absolute Gasteiger partial charge is 0.349 e. The van der Waals surface area contributed by atoms with Crippen molar-refractivity contribution >= 4 is 47.7 Å². The zero-order valence-electron chi connectivity index (χ0n) is 11.8. The molecule has 0 spiro atoms. The zero-order valence-corrected chi connectivity index (χ0v) is 14.2. The summed E-state index contributed by atoms with van der Waals surface area (Å²) in [5.41, 5.74) is 0.331. The highest BCUT2D eigenvalue weighted by Gasteiger charge is 2.32. The summed E-state index contributed by atoms with van der Waals surface area (Å²) in [6, 6.07) is 6.30. The molecule has 10 heteroatoms. The molecule has 0 saturated carbocycles. The van der Waals surface area contributed by atoms with Crippen LogP contribution in [0.15, 0.2) is 29.2 Å². The minimum atomic E-state index is -3.30. The van der Waals surface area contributed by atoms with Gasteiger partial charge in [-0.05, 0) is 6.07 Å². The van der Waals surface area contributed by atoms with E-state index in [2.05, 4.69) is 10.6 Å². The van der Waals surface area contributed by atoms with Crippen molar-refractivity contribution in [2.45, 2.75) is 12.3 Å². The molecule has 1 heterocycles. The Morgan fingerprint density at radius 3 is 1.96 bits per heavy atom. The number of sulfone groups is 1. The molecule has 0 fully saturated rings. The minimum Gasteiger partial charge on any atom is -0.349 e. The molecule has 2 rings (SSSR count). The number of rotatable bonds is 0. The van der Waals surface area contributed by atoms with Gasteiger partial charge in [0, 0.05) is 41.2 Å². The van der Waals surface area contributed by atoms with Crippen LogP contribution in [0.3, 0.4) is 0 Å². The number of fused-ring (bicyclic) bond motifs is 1. The molecule has 0 aliphatic carbocycles. The van der Waals surface area contributed by atoms with Crippen LogP contribution in [-0.4, -0.2) is 44.5 Å². The molecule has 1 aliphatic heterocycles. The molecular formula is C13H18N2O5S3. The average molecular weight is 378 g/mol. The molecule has 1 aromatic carbocycles. The maximum Gasteiger partial charge on any atom is 0.289 e. The molecule has 2 N–H and O–H groups in total. The smallest absolute Gasteiger partial charge is 0.289 e. The monoisotopic (exact) mass is 378 g/mol. The van der Waals surface area contributed by atoms with E-state index in [9.17, 15) is 22.8 Å². The second-order valence-electron chi connectivity index (χ2n) is 3.92. The summed E-state index contributed by atoms with van der Waals surface area (Å²) in [5.74, 6) is -0.669. The van der Waals surface area contributed by atoms with E-state index in [1.165, 1.54) is 20.2 Å². The van der Waals surface area contributed by atoms with E-state index in [0.717, 1.165) is 21.6 Å². The fraction of sp³-hybridized carbons (Fsp3) is 0.308. The summed E-state index contributed by atoms with van der Waals surface area (Å²) in [7, 11) is 1.45. The number of carbonyl (C=O) groups is 3. The topological polar surface area (TPSA) is 109 Å². The van der Waals surface area contributed by atoms with E-state index < -0.39 is 9.84 Å². The predicted octanol–water partition coefficient (Wildman–Crippen LogP) is 2.34. The Kier molecular flexibility index (Phi) is 8.95. The second-order valence-corrected chi connectivity index (χ2v) is 7.95. The van der Waals surface area contributed by atoms with Crippen LogP contribution in [0.5, 0.6) is 0 Å². The lowest BCUT2D eigenvalue weighted by Crippen LogP contribution is -2.13. The summed E-state index contributed by atoms with van der Waals surface area (Å²) in [5, 5.41) is 4.28. The lowest BCUT2D eigenvalue weighted by molar-refractivity contribution is 0.102. The number of ketones is 1. The van der Waals surface area contributed by atoms with Gasteiger partial charge in [0.25, 0.3) is 10.5 Å². The van der Waals surface area contributed by atoms with E-state index in [-0.39, 0.29) is 34.3 Å². The van der Waals surface area contributed by atoms with Crippen molar-refractivity contribution in [3.63, 3.8) is 0 Å². The van der Waals surface area contributed by atoms with Crippen LogP contribution in [-0.2, 0) is 9.84 Å². The van der Waals surface area contributed by atoms with Gasteiger partial charge in [-0.2, -0.15) is 0 Å². The highest BCUT2D eigenvalue weighted by molar-refractivity contribution is 8.87. The van der Waals surface area contributed by atoms with Crippen LogP contribution >= 0.6 is 21.6 Å². The van der Waals surface area contributed by atoms with E-state index in [1.54, 1.807) is 18.2 Å². The third-order valence-corrected chi connectivity index (χ3v) is 6.07. The summed E-state index contributed by atoms with van der Waals surface area (Å²) < 4.78 is 22.5. The predicted molar refractivity (Wildman–Crippen MR) is 93.6 cm³/mol. The molecule has 1 aliphatic rings. The van der Waals surface area contributed by atoms with Gasteiger partial charge in [0.15, 0.2) is 15.6 Å². The summed E-state index contributed by atoms with van der Waals surface area (Å²) in [4.78, 5) is 32.2. The van der Waals surface area contributed by atoms with Crippen molar-refractivity contribution in [3.05, 3.63) is 29.8 Å². The highest BCUT2D eigenvalue weighted by Crippen LogP contribution is 2.24. The number of nitrogens with one attached hydrogen (secondary N) is 2. The van der Waals surface area contributed by atoms with Crippen LogP contribution in [0.4, 0.5) is 9.59 Å². The van der Waals surface area contributed by atoms with Crippen molar-refractivity contribution in [1.82, 2.24) is 10.6 Å². The molecular weight excluding hydrogens is 360 g/mol. The number of hydrogen-bond acceptors (Lipinski definition) is 7. The number of amides is 2. The molecule has 23 heavy (non-hydrogen) atoms. The molecule has 0 unspecified atom stereocenters. The Hall–Kier alpha value is -1.52. The number of benzene rings is 1. The summed E-state index contributed by atoms with van der Waals surface area (Å²) in [6.45, 7) is 0. The molecule has 0 radical (unpaired) electrons. The number of Topliss-reactive ketones (excluding diaryl/α,β-unsaturated/α-hetero) is 1. The first-order chi connectivity index (χ1) is 10.3. The van der Waals surface area contributed by atoms with Crippen LogP contribution in [0.2, 0.25) is 0 Å². The standard InChI is InChI=1S/C8H6O3S.C4H8N2O2S2.CH4/c9-7-5-12(10,11)8-4-2-1-3-6(7)8;1-5-3(7)9-10-4(8)6-2;/h1-4H,5H2;1-2H3,(H,5,7)(H,6,8);1H4. The Bertz CT molecular complexity index is 673. The van der Waals surface area contributed by atoms with Gasteiger partial charge < -0.3 is 10.6 Å². The third-order valence-electron chi connectivity index (χ3n) is 2.44. The Labute approximate surface area is 143 Å². The van der Waals surface area contributed by atoms with Gasteiger partial charge in [-0.3, -0.25) is 14.4 Å². The van der Waals surface area contributed by atoms with Crippen molar-refractivity contribution in [1.29, 1.82) is 0 Å². The van der Waals surface area contributed by atoms with Crippen LogP contribution in [0.25, 0.3) is 0 Å². The van der Waals surface area contributed by atoms with Gasteiger partial charge in [-0.25, -0.2) is 8.42 Å². The minimum absolute atomic E-state index is 0. The lowest BCUT2D eigenvalue weighted by Gasteiger charge is -1.95. The van der Waals surface area contributed by atoms with E-state index in [1.807, 2.05) is 0 Å². The lowest BCUT2D eigenvalue weighted by atomic mass is 10.2. The first-order valence-electron chi connectivity index (χ1n) is 5.94. The van der Waals surface area contributed by atoms with Gasteiger partial charge >= 0.3 is 0 Å². The maximum absolute atomic E-state index is 11.2.